The highest BCUT2D eigenvalue weighted by atomic mass is 32.2. The smallest absolute Gasteiger partial charge is 0.387 e. The number of hydrogen-bond acceptors (Lipinski definition) is 5. The van der Waals surface area contributed by atoms with Gasteiger partial charge in [0.25, 0.3) is 0 Å². The number of ether oxygens (including phenoxy) is 2. The summed E-state index contributed by atoms with van der Waals surface area (Å²) in [6, 6.07) is 5.89. The molecule has 7 heteroatoms. The predicted molar refractivity (Wildman–Crippen MR) is 90.5 cm³/mol. The Hall–Kier alpha value is -1.76. The Balaban J connectivity index is 1.63. The zero-order chi connectivity index (χ0) is 16.7. The summed E-state index contributed by atoms with van der Waals surface area (Å²) >= 11 is 1.63. The number of amidine groups is 1. The van der Waals surface area contributed by atoms with Crippen molar-refractivity contribution in [2.45, 2.75) is 44.4 Å². The Bertz CT molecular complexity index is 708. The highest BCUT2D eigenvalue weighted by molar-refractivity contribution is 8.16. The largest absolute Gasteiger partial charge is 0.493 e. The molecule has 0 spiro atoms. The van der Waals surface area contributed by atoms with E-state index in [0.29, 0.717) is 17.8 Å². The lowest BCUT2D eigenvalue weighted by atomic mass is 9.90. The second-order valence-electron chi connectivity index (χ2n) is 6.07. The molecule has 0 bridgehead atoms. The molecule has 4 rings (SSSR count). The summed E-state index contributed by atoms with van der Waals surface area (Å²) in [5, 5.41) is 3.13. The molecule has 0 amide bonds. The van der Waals surface area contributed by atoms with Crippen LogP contribution in [0.15, 0.2) is 28.6 Å². The van der Waals surface area contributed by atoms with Gasteiger partial charge in [0, 0.05) is 11.0 Å². The lowest BCUT2D eigenvalue weighted by Gasteiger charge is -2.32. The molecule has 2 heterocycles. The maximum atomic E-state index is 12.5. The van der Waals surface area contributed by atoms with Gasteiger partial charge in [0.15, 0.2) is 16.7 Å². The van der Waals surface area contributed by atoms with E-state index in [1.165, 1.54) is 26.0 Å². The highest BCUT2D eigenvalue weighted by Crippen LogP contribution is 2.45. The third kappa shape index (κ3) is 2.64. The predicted octanol–water partition coefficient (Wildman–Crippen LogP) is 4.32. The fraction of sp³-hybridized carbons (Fsp3) is 0.471. The maximum Gasteiger partial charge on any atom is 0.387 e. The van der Waals surface area contributed by atoms with Crippen molar-refractivity contribution in [3.63, 3.8) is 0 Å². The fourth-order valence-electron chi connectivity index (χ4n) is 3.65. The van der Waals surface area contributed by atoms with Crippen LogP contribution in [0.5, 0.6) is 11.5 Å². The minimum Gasteiger partial charge on any atom is -0.493 e. The van der Waals surface area contributed by atoms with E-state index >= 15 is 0 Å². The molecule has 0 saturated heterocycles. The van der Waals surface area contributed by atoms with Crippen molar-refractivity contribution in [3.05, 3.63) is 29.2 Å². The Morgan fingerprint density at radius 2 is 2.08 bits per heavy atom. The zero-order valence-electron chi connectivity index (χ0n) is 13.2. The minimum absolute atomic E-state index is 0.0494. The number of hydrogen-bond donors (Lipinski definition) is 0. The quantitative estimate of drug-likeness (QED) is 0.808. The first-order valence-corrected chi connectivity index (χ1v) is 8.92. The van der Waals surface area contributed by atoms with Gasteiger partial charge in [-0.2, -0.15) is 8.78 Å². The van der Waals surface area contributed by atoms with E-state index < -0.39 is 6.61 Å². The van der Waals surface area contributed by atoms with Crippen LogP contribution in [-0.4, -0.2) is 35.9 Å². The normalized spacial score (nSPS) is 25.2. The monoisotopic (exact) mass is 352 g/mol. The van der Waals surface area contributed by atoms with Crippen LogP contribution in [0, 0.1) is 0 Å². The maximum absolute atomic E-state index is 12.5. The molecular formula is C17H18F2N2O2S. The molecule has 2 aliphatic heterocycles. The second kappa shape index (κ2) is 6.27. The van der Waals surface area contributed by atoms with Crippen molar-refractivity contribution in [3.8, 4) is 11.5 Å². The van der Waals surface area contributed by atoms with Gasteiger partial charge in [0.1, 0.15) is 0 Å². The number of thioether (sulfide) groups is 1. The molecule has 0 radical (unpaired) electrons. The molecule has 1 aromatic carbocycles. The third-order valence-corrected chi connectivity index (χ3v) is 5.57. The molecular weight excluding hydrogens is 334 g/mol. The van der Waals surface area contributed by atoms with Crippen molar-refractivity contribution >= 4 is 22.6 Å². The van der Waals surface area contributed by atoms with Crippen LogP contribution < -0.4 is 9.47 Å². The number of benzene rings is 1. The lowest BCUT2D eigenvalue weighted by Crippen LogP contribution is -2.38. The standard InChI is InChI=1S/C17H18F2N2O2S/c1-22-15-8-10(6-7-14(15)23-16(18)19)13-9-24-17-20-11-4-2-3-5-12(11)21(13)17/h6-9,11-12,16H,2-5H2,1H3/t11-,12-/m0/s1. The summed E-state index contributed by atoms with van der Waals surface area (Å²) in [6.45, 7) is -2.87. The average molecular weight is 352 g/mol. The number of halogens is 2. The number of methoxy groups -OCH3 is 1. The van der Waals surface area contributed by atoms with Gasteiger partial charge < -0.3 is 14.4 Å². The van der Waals surface area contributed by atoms with Crippen molar-refractivity contribution in [2.24, 2.45) is 4.99 Å². The van der Waals surface area contributed by atoms with Crippen molar-refractivity contribution in [1.82, 2.24) is 4.90 Å². The lowest BCUT2D eigenvalue weighted by molar-refractivity contribution is -0.0512. The van der Waals surface area contributed by atoms with E-state index in [1.807, 2.05) is 0 Å². The number of nitrogens with zero attached hydrogens (tertiary/aromatic N) is 2. The van der Waals surface area contributed by atoms with Gasteiger partial charge in [-0.25, -0.2) is 0 Å². The zero-order valence-corrected chi connectivity index (χ0v) is 14.1. The van der Waals surface area contributed by atoms with Crippen LogP contribution in [0.25, 0.3) is 5.70 Å². The molecule has 0 aromatic heterocycles. The first-order chi connectivity index (χ1) is 11.7. The molecule has 1 fully saturated rings. The molecule has 2 atom stereocenters. The van der Waals surface area contributed by atoms with Crippen LogP contribution in [0.2, 0.25) is 0 Å². The molecule has 0 unspecified atom stereocenters. The highest BCUT2D eigenvalue weighted by Gasteiger charge is 2.42. The number of aliphatic imine (C=N–C) groups is 1. The Kier molecular flexibility index (Phi) is 4.12. The third-order valence-electron chi connectivity index (χ3n) is 4.72. The molecule has 128 valence electrons. The molecule has 1 saturated carbocycles. The summed E-state index contributed by atoms with van der Waals surface area (Å²) in [7, 11) is 1.45. The number of fused-ring (bicyclic) bond motifs is 3. The first kappa shape index (κ1) is 15.7. The van der Waals surface area contributed by atoms with Gasteiger partial charge in [0.2, 0.25) is 0 Å². The van der Waals surface area contributed by atoms with Gasteiger partial charge in [-0.05, 0) is 31.0 Å². The van der Waals surface area contributed by atoms with Gasteiger partial charge in [-0.15, -0.1) is 0 Å². The van der Waals surface area contributed by atoms with Gasteiger partial charge in [-0.1, -0.05) is 24.6 Å². The number of rotatable bonds is 4. The fourth-order valence-corrected chi connectivity index (χ4v) is 4.66. The summed E-state index contributed by atoms with van der Waals surface area (Å²) in [5.41, 5.74) is 1.99. The Labute approximate surface area is 143 Å². The average Bonchev–Trinajstić information content (AvgIpc) is 3.14. The molecule has 1 aromatic rings. The van der Waals surface area contributed by atoms with Crippen LogP contribution in [0.4, 0.5) is 8.78 Å². The van der Waals surface area contributed by atoms with Gasteiger partial charge >= 0.3 is 6.61 Å². The molecule has 1 aliphatic carbocycles. The van der Waals surface area contributed by atoms with Crippen molar-refractivity contribution < 1.29 is 18.3 Å². The van der Waals surface area contributed by atoms with E-state index in [4.69, 9.17) is 9.73 Å². The van der Waals surface area contributed by atoms with Crippen LogP contribution in [0.1, 0.15) is 31.2 Å². The summed E-state index contributed by atoms with van der Waals surface area (Å²) < 4.78 is 34.7. The topological polar surface area (TPSA) is 34.1 Å². The SMILES string of the molecule is COc1cc(C2=CSC3=N[C@H]4CCCC[C@@H]4N23)ccc1OC(F)F. The van der Waals surface area contributed by atoms with Crippen molar-refractivity contribution in [1.29, 1.82) is 0 Å². The number of alkyl halides is 2. The minimum atomic E-state index is -2.87. The van der Waals surface area contributed by atoms with Crippen LogP contribution in [-0.2, 0) is 0 Å². The van der Waals surface area contributed by atoms with Crippen LogP contribution in [0.3, 0.4) is 0 Å². The van der Waals surface area contributed by atoms with Crippen molar-refractivity contribution in [2.75, 3.05) is 7.11 Å². The molecule has 3 aliphatic rings. The summed E-state index contributed by atoms with van der Waals surface area (Å²) in [6.07, 6.45) is 4.74. The van der Waals surface area contributed by atoms with Crippen LogP contribution >= 0.6 is 11.8 Å². The Morgan fingerprint density at radius 1 is 1.25 bits per heavy atom. The van der Waals surface area contributed by atoms with E-state index in [1.54, 1.807) is 23.9 Å². The second-order valence-corrected chi connectivity index (χ2v) is 6.90. The van der Waals surface area contributed by atoms with E-state index in [-0.39, 0.29) is 5.75 Å². The van der Waals surface area contributed by atoms with E-state index in [2.05, 4.69) is 15.0 Å². The molecule has 4 nitrogen and oxygen atoms in total. The molecule has 24 heavy (non-hydrogen) atoms. The Morgan fingerprint density at radius 3 is 2.88 bits per heavy atom. The summed E-state index contributed by atoms with van der Waals surface area (Å²) in [4.78, 5) is 7.15. The van der Waals surface area contributed by atoms with Gasteiger partial charge in [0.05, 0.1) is 24.9 Å². The first-order valence-electron chi connectivity index (χ1n) is 8.04. The van der Waals surface area contributed by atoms with E-state index in [0.717, 1.165) is 29.3 Å². The van der Waals surface area contributed by atoms with E-state index in [9.17, 15) is 8.78 Å². The summed E-state index contributed by atoms with van der Waals surface area (Å²) in [5.74, 6) is 0.358. The van der Waals surface area contributed by atoms with Gasteiger partial charge in [-0.3, -0.25) is 4.99 Å². The molecule has 0 N–H and O–H groups in total.